The second-order valence-corrected chi connectivity index (χ2v) is 5.32. The molecule has 1 aliphatic rings. The van der Waals surface area contributed by atoms with Gasteiger partial charge >= 0.3 is 0 Å². The first-order valence-electron chi connectivity index (χ1n) is 5.95. The van der Waals surface area contributed by atoms with E-state index in [4.69, 9.17) is 10.5 Å². The average molecular weight is 270 g/mol. The Morgan fingerprint density at radius 1 is 1.67 bits per heavy atom. The van der Waals surface area contributed by atoms with Crippen LogP contribution in [0, 0.1) is 5.92 Å². The molecule has 2 unspecified atom stereocenters. The Balaban J connectivity index is 1.92. The van der Waals surface area contributed by atoms with E-state index in [1.807, 2.05) is 6.92 Å². The van der Waals surface area contributed by atoms with Gasteiger partial charge < -0.3 is 21.1 Å². The maximum absolute atomic E-state index is 12.0. The third-order valence-electron chi connectivity index (χ3n) is 3.13. The van der Waals surface area contributed by atoms with Gasteiger partial charge in [-0.1, -0.05) is 11.3 Å². The summed E-state index contributed by atoms with van der Waals surface area (Å²) in [6, 6.07) is 0. The Kier molecular flexibility index (Phi) is 4.03. The zero-order valence-electron chi connectivity index (χ0n) is 10.5. The van der Waals surface area contributed by atoms with E-state index in [1.165, 1.54) is 11.3 Å². The van der Waals surface area contributed by atoms with Crippen LogP contribution in [0.25, 0.3) is 0 Å². The van der Waals surface area contributed by atoms with Gasteiger partial charge in [0.05, 0.1) is 6.10 Å². The first kappa shape index (κ1) is 13.1. The number of nitrogens with one attached hydrogen (secondary N) is 2. The molecule has 18 heavy (non-hydrogen) atoms. The van der Waals surface area contributed by atoms with Crippen molar-refractivity contribution in [2.75, 3.05) is 31.2 Å². The summed E-state index contributed by atoms with van der Waals surface area (Å²) in [4.78, 5) is 16.5. The lowest BCUT2D eigenvalue weighted by Crippen LogP contribution is -2.31. The molecule has 0 saturated carbocycles. The Morgan fingerprint density at radius 3 is 3.00 bits per heavy atom. The van der Waals surface area contributed by atoms with Gasteiger partial charge in [-0.25, -0.2) is 4.98 Å². The van der Waals surface area contributed by atoms with E-state index in [2.05, 4.69) is 15.6 Å². The Labute approximate surface area is 110 Å². The molecule has 0 radical (unpaired) electrons. The highest BCUT2D eigenvalue weighted by Crippen LogP contribution is 2.25. The maximum atomic E-state index is 12.0. The number of hydrogen-bond donors (Lipinski definition) is 3. The van der Waals surface area contributed by atoms with E-state index in [0.29, 0.717) is 22.5 Å². The first-order valence-corrected chi connectivity index (χ1v) is 6.77. The molecule has 1 aromatic rings. The minimum Gasteiger partial charge on any atom is -0.382 e. The van der Waals surface area contributed by atoms with Crippen LogP contribution >= 0.6 is 11.3 Å². The Hall–Kier alpha value is -1.34. The summed E-state index contributed by atoms with van der Waals surface area (Å²) in [7, 11) is 1.75. The van der Waals surface area contributed by atoms with Gasteiger partial charge in [0.25, 0.3) is 5.91 Å². The van der Waals surface area contributed by atoms with Crippen molar-refractivity contribution >= 4 is 28.2 Å². The molecule has 1 saturated heterocycles. The Morgan fingerprint density at radius 2 is 2.44 bits per heavy atom. The highest BCUT2D eigenvalue weighted by molar-refractivity contribution is 7.18. The molecule has 0 aliphatic carbocycles. The number of hydrogen-bond acceptors (Lipinski definition) is 6. The predicted octanol–water partition coefficient (Wildman–Crippen LogP) is 0.922. The van der Waals surface area contributed by atoms with E-state index in [0.717, 1.165) is 13.0 Å². The SMILES string of the molecule is CNc1nc(N)c(C(=O)NCC2CCOC2C)s1. The highest BCUT2D eigenvalue weighted by atomic mass is 32.1. The molecule has 2 rings (SSSR count). The topological polar surface area (TPSA) is 89.3 Å². The van der Waals surface area contributed by atoms with Crippen molar-refractivity contribution in [1.82, 2.24) is 10.3 Å². The number of carbonyl (C=O) groups is 1. The van der Waals surface area contributed by atoms with Gasteiger partial charge in [-0.05, 0) is 13.3 Å². The van der Waals surface area contributed by atoms with E-state index >= 15 is 0 Å². The van der Waals surface area contributed by atoms with Gasteiger partial charge in [0.1, 0.15) is 10.7 Å². The molecule has 7 heteroatoms. The van der Waals surface area contributed by atoms with Crippen LogP contribution in [0.15, 0.2) is 0 Å². The van der Waals surface area contributed by atoms with Gasteiger partial charge in [0.15, 0.2) is 5.13 Å². The average Bonchev–Trinajstić information content (AvgIpc) is 2.92. The second kappa shape index (κ2) is 5.53. The van der Waals surface area contributed by atoms with Crippen molar-refractivity contribution in [3.8, 4) is 0 Å². The highest BCUT2D eigenvalue weighted by Gasteiger charge is 2.25. The molecule has 0 spiro atoms. The molecule has 1 aromatic heterocycles. The van der Waals surface area contributed by atoms with E-state index in [1.54, 1.807) is 7.05 Å². The van der Waals surface area contributed by atoms with Crippen molar-refractivity contribution in [3.63, 3.8) is 0 Å². The maximum Gasteiger partial charge on any atom is 0.265 e. The smallest absolute Gasteiger partial charge is 0.265 e. The Bertz CT molecular complexity index is 435. The van der Waals surface area contributed by atoms with Crippen LogP contribution in [-0.2, 0) is 4.74 Å². The quantitative estimate of drug-likeness (QED) is 0.757. The summed E-state index contributed by atoms with van der Waals surface area (Å²) in [5, 5.41) is 6.42. The van der Waals surface area contributed by atoms with Crippen LogP contribution in [0.4, 0.5) is 10.9 Å². The number of nitrogen functional groups attached to an aromatic ring is 1. The number of amides is 1. The number of carbonyl (C=O) groups excluding carboxylic acids is 1. The molecule has 1 fully saturated rings. The zero-order valence-corrected chi connectivity index (χ0v) is 11.3. The van der Waals surface area contributed by atoms with E-state index < -0.39 is 0 Å². The number of aromatic nitrogens is 1. The lowest BCUT2D eigenvalue weighted by atomic mass is 10.0. The molecule has 6 nitrogen and oxygen atoms in total. The van der Waals surface area contributed by atoms with Gasteiger partial charge in [-0.2, -0.15) is 0 Å². The summed E-state index contributed by atoms with van der Waals surface area (Å²) < 4.78 is 5.45. The van der Waals surface area contributed by atoms with Gasteiger partial charge in [-0.15, -0.1) is 0 Å². The third-order valence-corrected chi connectivity index (χ3v) is 4.22. The zero-order chi connectivity index (χ0) is 13.1. The minimum atomic E-state index is -0.161. The summed E-state index contributed by atoms with van der Waals surface area (Å²) in [5.74, 6) is 0.495. The lowest BCUT2D eigenvalue weighted by Gasteiger charge is -2.14. The van der Waals surface area contributed by atoms with Crippen molar-refractivity contribution in [2.24, 2.45) is 5.92 Å². The third kappa shape index (κ3) is 2.73. The lowest BCUT2D eigenvalue weighted by molar-refractivity contribution is 0.0911. The molecule has 4 N–H and O–H groups in total. The second-order valence-electron chi connectivity index (χ2n) is 4.32. The van der Waals surface area contributed by atoms with Crippen LogP contribution in [0.1, 0.15) is 23.0 Å². The molecule has 0 aromatic carbocycles. The molecule has 2 atom stereocenters. The predicted molar refractivity (Wildman–Crippen MR) is 71.9 cm³/mol. The van der Waals surface area contributed by atoms with Gasteiger partial charge in [0.2, 0.25) is 0 Å². The molecular weight excluding hydrogens is 252 g/mol. The number of ether oxygens (including phenoxy) is 1. The summed E-state index contributed by atoms with van der Waals surface area (Å²) in [6.45, 7) is 3.42. The summed E-state index contributed by atoms with van der Waals surface area (Å²) >= 11 is 1.26. The molecule has 1 aliphatic heterocycles. The molecule has 2 heterocycles. The van der Waals surface area contributed by atoms with Crippen molar-refractivity contribution < 1.29 is 9.53 Å². The van der Waals surface area contributed by atoms with Crippen LogP contribution in [0.3, 0.4) is 0 Å². The van der Waals surface area contributed by atoms with Crippen molar-refractivity contribution in [2.45, 2.75) is 19.4 Å². The molecule has 100 valence electrons. The normalized spacial score (nSPS) is 23.0. The molecular formula is C11H18N4O2S. The largest absolute Gasteiger partial charge is 0.382 e. The fourth-order valence-electron chi connectivity index (χ4n) is 1.95. The van der Waals surface area contributed by atoms with Gasteiger partial charge in [-0.3, -0.25) is 4.79 Å². The van der Waals surface area contributed by atoms with E-state index in [-0.39, 0.29) is 17.8 Å². The minimum absolute atomic E-state index is 0.161. The van der Waals surface area contributed by atoms with Gasteiger partial charge in [0, 0.05) is 26.1 Å². The van der Waals surface area contributed by atoms with Crippen LogP contribution in [0.5, 0.6) is 0 Å². The summed E-state index contributed by atoms with van der Waals surface area (Å²) in [6.07, 6.45) is 1.19. The summed E-state index contributed by atoms with van der Waals surface area (Å²) in [5.41, 5.74) is 5.70. The van der Waals surface area contributed by atoms with Crippen molar-refractivity contribution in [1.29, 1.82) is 0 Å². The van der Waals surface area contributed by atoms with Crippen LogP contribution < -0.4 is 16.4 Å². The van der Waals surface area contributed by atoms with Crippen molar-refractivity contribution in [3.05, 3.63) is 4.88 Å². The first-order chi connectivity index (χ1) is 8.61. The fourth-order valence-corrected chi connectivity index (χ4v) is 2.70. The number of rotatable bonds is 4. The van der Waals surface area contributed by atoms with Crippen LogP contribution in [0.2, 0.25) is 0 Å². The number of thiazole rings is 1. The van der Waals surface area contributed by atoms with E-state index in [9.17, 15) is 4.79 Å². The fraction of sp³-hybridized carbons (Fsp3) is 0.636. The molecule has 0 bridgehead atoms. The number of nitrogens with two attached hydrogens (primary N) is 1. The monoisotopic (exact) mass is 270 g/mol. The standard InChI is InChI=1S/C11H18N4O2S/c1-6-7(3-4-17-6)5-14-10(16)8-9(12)15-11(13-2)18-8/h6-7H,3-5,12H2,1-2H3,(H,13,15)(H,14,16). The number of nitrogens with zero attached hydrogens (tertiary/aromatic N) is 1. The number of anilines is 2. The van der Waals surface area contributed by atoms with Crippen LogP contribution in [-0.4, -0.2) is 37.2 Å². The molecule has 1 amide bonds.